The van der Waals surface area contributed by atoms with E-state index in [0.29, 0.717) is 31.9 Å². The Kier molecular flexibility index (Phi) is 7.05. The van der Waals surface area contributed by atoms with Gasteiger partial charge in [-0.05, 0) is 30.7 Å². The maximum atomic E-state index is 12.4. The van der Waals surface area contributed by atoms with Gasteiger partial charge < -0.3 is 14.4 Å². The molecule has 0 aliphatic carbocycles. The number of ether oxygens (including phenoxy) is 2. The predicted octanol–water partition coefficient (Wildman–Crippen LogP) is 2.49. The zero-order chi connectivity index (χ0) is 14.3. The number of carbonyl (C=O) groups is 1. The smallest absolute Gasteiger partial charge is 0.254 e. The molecule has 1 amide bonds. The molecule has 0 fully saturated rings. The van der Waals surface area contributed by atoms with Crippen molar-refractivity contribution in [2.45, 2.75) is 6.92 Å². The first-order valence-electron chi connectivity index (χ1n) is 6.13. The summed E-state index contributed by atoms with van der Waals surface area (Å²) < 4.78 is 11.1. The number of carbonyl (C=O) groups excluding carboxylic acids is 1. The summed E-state index contributed by atoms with van der Waals surface area (Å²) in [6, 6.07) is 5.61. The molecule has 1 aromatic rings. The van der Waals surface area contributed by atoms with Gasteiger partial charge in [-0.2, -0.15) is 0 Å². The molecule has 0 spiro atoms. The van der Waals surface area contributed by atoms with Crippen LogP contribution in [-0.2, 0) is 9.47 Å². The average Bonchev–Trinajstić information content (AvgIpc) is 2.41. The number of aryl methyl sites for hydroxylation is 1. The van der Waals surface area contributed by atoms with Crippen molar-refractivity contribution in [2.24, 2.45) is 0 Å². The van der Waals surface area contributed by atoms with Crippen molar-refractivity contribution in [3.63, 3.8) is 0 Å². The summed E-state index contributed by atoms with van der Waals surface area (Å²) in [5.41, 5.74) is 1.73. The zero-order valence-corrected chi connectivity index (χ0v) is 13.2. The molecule has 0 aromatic heterocycles. The molecule has 0 radical (unpaired) electrons. The Hall–Kier alpha value is -0.910. The minimum absolute atomic E-state index is 0.00435. The van der Waals surface area contributed by atoms with Crippen LogP contribution in [0.2, 0.25) is 0 Å². The van der Waals surface area contributed by atoms with E-state index in [4.69, 9.17) is 9.47 Å². The van der Waals surface area contributed by atoms with E-state index in [1.54, 1.807) is 19.1 Å². The van der Waals surface area contributed by atoms with E-state index in [1.165, 1.54) is 0 Å². The first kappa shape index (κ1) is 16.1. The van der Waals surface area contributed by atoms with Crippen molar-refractivity contribution >= 4 is 21.8 Å². The molecular weight excluding hydrogens is 310 g/mol. The maximum absolute atomic E-state index is 12.4. The van der Waals surface area contributed by atoms with Crippen LogP contribution in [0.25, 0.3) is 0 Å². The van der Waals surface area contributed by atoms with Gasteiger partial charge in [0.2, 0.25) is 0 Å². The van der Waals surface area contributed by atoms with Crippen molar-refractivity contribution in [3.8, 4) is 0 Å². The molecule has 1 rings (SSSR count). The third-order valence-electron chi connectivity index (χ3n) is 2.82. The van der Waals surface area contributed by atoms with Crippen LogP contribution in [0, 0.1) is 6.92 Å². The molecule has 4 nitrogen and oxygen atoms in total. The number of benzene rings is 1. The highest BCUT2D eigenvalue weighted by Gasteiger charge is 2.15. The molecule has 0 heterocycles. The van der Waals surface area contributed by atoms with Crippen molar-refractivity contribution in [1.29, 1.82) is 0 Å². The van der Waals surface area contributed by atoms with Crippen molar-refractivity contribution in [1.82, 2.24) is 4.90 Å². The van der Waals surface area contributed by atoms with Gasteiger partial charge in [0.15, 0.2) is 0 Å². The fraction of sp³-hybridized carbons (Fsp3) is 0.500. The van der Waals surface area contributed by atoms with Crippen LogP contribution in [-0.4, -0.2) is 51.3 Å². The molecule has 0 bridgehead atoms. The van der Waals surface area contributed by atoms with E-state index in [0.717, 1.165) is 10.0 Å². The second-order valence-electron chi connectivity index (χ2n) is 4.24. The largest absolute Gasteiger partial charge is 0.383 e. The van der Waals surface area contributed by atoms with Crippen LogP contribution >= 0.6 is 15.9 Å². The Balaban J connectivity index is 2.81. The standard InChI is InChI=1S/C14H20BrNO3/c1-11-10-12(4-5-13(11)15)14(17)16(6-8-18-2)7-9-19-3/h4-5,10H,6-9H2,1-3H3. The van der Waals surface area contributed by atoms with Crippen LogP contribution in [0.5, 0.6) is 0 Å². The molecule has 0 saturated carbocycles. The van der Waals surface area contributed by atoms with Crippen molar-refractivity contribution < 1.29 is 14.3 Å². The van der Waals surface area contributed by atoms with Gasteiger partial charge >= 0.3 is 0 Å². The van der Waals surface area contributed by atoms with Crippen molar-refractivity contribution in [2.75, 3.05) is 40.5 Å². The molecule has 0 atom stereocenters. The number of hydrogen-bond donors (Lipinski definition) is 0. The van der Waals surface area contributed by atoms with Crippen LogP contribution in [0.15, 0.2) is 22.7 Å². The second kappa shape index (κ2) is 8.30. The monoisotopic (exact) mass is 329 g/mol. The highest BCUT2D eigenvalue weighted by atomic mass is 79.9. The van der Waals surface area contributed by atoms with Crippen LogP contribution in [0.4, 0.5) is 0 Å². The highest BCUT2D eigenvalue weighted by Crippen LogP contribution is 2.18. The number of nitrogens with zero attached hydrogens (tertiary/aromatic N) is 1. The van der Waals surface area contributed by atoms with Gasteiger partial charge in [-0.15, -0.1) is 0 Å². The van der Waals surface area contributed by atoms with E-state index in [1.807, 2.05) is 25.1 Å². The fourth-order valence-electron chi connectivity index (χ4n) is 1.68. The summed E-state index contributed by atoms with van der Waals surface area (Å²) in [4.78, 5) is 14.2. The number of halogens is 1. The Morgan fingerprint density at radius 2 is 1.79 bits per heavy atom. The van der Waals surface area contributed by atoms with E-state index in [2.05, 4.69) is 15.9 Å². The van der Waals surface area contributed by atoms with Crippen molar-refractivity contribution in [3.05, 3.63) is 33.8 Å². The topological polar surface area (TPSA) is 38.8 Å². The molecule has 1 aromatic carbocycles. The van der Waals surface area contributed by atoms with Gasteiger partial charge in [0.25, 0.3) is 5.91 Å². The molecule has 0 aliphatic rings. The lowest BCUT2D eigenvalue weighted by Crippen LogP contribution is -2.36. The van der Waals surface area contributed by atoms with E-state index in [-0.39, 0.29) is 5.91 Å². The summed E-state index contributed by atoms with van der Waals surface area (Å²) in [6.45, 7) is 4.13. The zero-order valence-electron chi connectivity index (χ0n) is 11.6. The number of rotatable bonds is 7. The SMILES string of the molecule is COCCN(CCOC)C(=O)c1ccc(Br)c(C)c1. The second-order valence-corrected chi connectivity index (χ2v) is 5.10. The maximum Gasteiger partial charge on any atom is 0.254 e. The summed E-state index contributed by atoms with van der Waals surface area (Å²) >= 11 is 3.43. The fourth-order valence-corrected chi connectivity index (χ4v) is 1.92. The summed E-state index contributed by atoms with van der Waals surface area (Å²) in [7, 11) is 3.26. The minimum Gasteiger partial charge on any atom is -0.383 e. The minimum atomic E-state index is 0.00435. The van der Waals surface area contributed by atoms with E-state index >= 15 is 0 Å². The van der Waals surface area contributed by atoms with Crippen LogP contribution < -0.4 is 0 Å². The van der Waals surface area contributed by atoms with Gasteiger partial charge in [-0.3, -0.25) is 4.79 Å². The molecule has 0 aliphatic heterocycles. The molecule has 5 heteroatoms. The first-order valence-corrected chi connectivity index (χ1v) is 6.92. The molecule has 0 saturated heterocycles. The highest BCUT2D eigenvalue weighted by molar-refractivity contribution is 9.10. The summed E-state index contributed by atoms with van der Waals surface area (Å²) in [5, 5.41) is 0. The van der Waals surface area contributed by atoms with Gasteiger partial charge in [0, 0.05) is 37.3 Å². The van der Waals surface area contributed by atoms with Gasteiger partial charge in [-0.1, -0.05) is 15.9 Å². The molecule has 19 heavy (non-hydrogen) atoms. The molecule has 0 N–H and O–H groups in total. The quantitative estimate of drug-likeness (QED) is 0.771. The first-order chi connectivity index (χ1) is 9.10. The lowest BCUT2D eigenvalue weighted by atomic mass is 10.1. The Labute approximate surface area is 122 Å². The Morgan fingerprint density at radius 1 is 1.21 bits per heavy atom. The van der Waals surface area contributed by atoms with Crippen LogP contribution in [0.3, 0.4) is 0 Å². The van der Waals surface area contributed by atoms with Gasteiger partial charge in [-0.25, -0.2) is 0 Å². The average molecular weight is 330 g/mol. The summed E-state index contributed by atoms with van der Waals surface area (Å²) in [5.74, 6) is 0.00435. The van der Waals surface area contributed by atoms with Crippen LogP contribution in [0.1, 0.15) is 15.9 Å². The Morgan fingerprint density at radius 3 is 2.26 bits per heavy atom. The van der Waals surface area contributed by atoms with E-state index in [9.17, 15) is 4.79 Å². The predicted molar refractivity (Wildman–Crippen MR) is 78.5 cm³/mol. The Bertz CT molecular complexity index is 415. The summed E-state index contributed by atoms with van der Waals surface area (Å²) in [6.07, 6.45) is 0. The van der Waals surface area contributed by atoms with Gasteiger partial charge in [0.05, 0.1) is 13.2 Å². The molecule has 106 valence electrons. The third kappa shape index (κ3) is 4.93. The number of hydrogen-bond acceptors (Lipinski definition) is 3. The lowest BCUT2D eigenvalue weighted by molar-refractivity contribution is 0.0627. The molecule has 0 unspecified atom stereocenters. The normalized spacial score (nSPS) is 10.5. The van der Waals surface area contributed by atoms with E-state index < -0.39 is 0 Å². The number of amides is 1. The van der Waals surface area contributed by atoms with Gasteiger partial charge in [0.1, 0.15) is 0 Å². The molecular formula is C14H20BrNO3. The third-order valence-corrected chi connectivity index (χ3v) is 3.71. The number of methoxy groups -OCH3 is 2. The lowest BCUT2D eigenvalue weighted by Gasteiger charge is -2.22.